The van der Waals surface area contributed by atoms with Crippen LogP contribution in [-0.4, -0.2) is 17.1 Å². The van der Waals surface area contributed by atoms with Crippen LogP contribution >= 0.6 is 22.9 Å². The smallest absolute Gasteiger partial charge is 0.165 e. The Morgan fingerprint density at radius 3 is 2.67 bits per heavy atom. The van der Waals surface area contributed by atoms with E-state index in [1.807, 2.05) is 30.3 Å². The third-order valence-electron chi connectivity index (χ3n) is 3.34. The van der Waals surface area contributed by atoms with Crippen molar-refractivity contribution >= 4 is 33.2 Å². The molecule has 1 atom stereocenters. The van der Waals surface area contributed by atoms with Crippen LogP contribution in [0.2, 0.25) is 5.15 Å². The molecule has 0 bridgehead atoms. The molecule has 0 amide bonds. The SMILES string of the molecule is CCc1cc2c(Cl)nc(C(OC)c3ccccc3)nc2s1. The van der Waals surface area contributed by atoms with Gasteiger partial charge in [-0.05, 0) is 18.1 Å². The molecule has 0 radical (unpaired) electrons. The van der Waals surface area contributed by atoms with E-state index >= 15 is 0 Å². The molecule has 2 heterocycles. The number of aromatic nitrogens is 2. The first-order valence-electron chi connectivity index (χ1n) is 6.76. The first-order valence-corrected chi connectivity index (χ1v) is 7.96. The average molecular weight is 319 g/mol. The zero-order chi connectivity index (χ0) is 14.8. The fourth-order valence-electron chi connectivity index (χ4n) is 2.26. The molecule has 3 nitrogen and oxygen atoms in total. The van der Waals surface area contributed by atoms with Gasteiger partial charge < -0.3 is 4.74 Å². The number of halogens is 1. The van der Waals surface area contributed by atoms with Gasteiger partial charge in [0, 0.05) is 17.4 Å². The Kier molecular flexibility index (Phi) is 4.19. The second kappa shape index (κ2) is 6.10. The topological polar surface area (TPSA) is 35.0 Å². The third-order valence-corrected chi connectivity index (χ3v) is 4.80. The van der Waals surface area contributed by atoms with E-state index in [0.29, 0.717) is 11.0 Å². The zero-order valence-electron chi connectivity index (χ0n) is 11.8. The number of hydrogen-bond acceptors (Lipinski definition) is 4. The fourth-order valence-corrected chi connectivity index (χ4v) is 3.52. The van der Waals surface area contributed by atoms with Crippen molar-refractivity contribution in [2.45, 2.75) is 19.4 Å². The van der Waals surface area contributed by atoms with Gasteiger partial charge >= 0.3 is 0 Å². The molecule has 0 saturated heterocycles. The van der Waals surface area contributed by atoms with Crippen molar-refractivity contribution in [3.05, 3.63) is 57.8 Å². The number of thiophene rings is 1. The largest absolute Gasteiger partial charge is 0.369 e. The van der Waals surface area contributed by atoms with Crippen molar-refractivity contribution in [3.8, 4) is 0 Å². The van der Waals surface area contributed by atoms with Gasteiger partial charge in [-0.15, -0.1) is 11.3 Å². The van der Waals surface area contributed by atoms with E-state index in [4.69, 9.17) is 16.3 Å². The van der Waals surface area contributed by atoms with E-state index in [1.54, 1.807) is 18.4 Å². The summed E-state index contributed by atoms with van der Waals surface area (Å²) in [6.45, 7) is 2.12. The lowest BCUT2D eigenvalue weighted by atomic mass is 10.1. The molecular weight excluding hydrogens is 304 g/mol. The predicted octanol–water partition coefficient (Wildman–Crippen LogP) is 4.64. The van der Waals surface area contributed by atoms with E-state index < -0.39 is 0 Å². The summed E-state index contributed by atoms with van der Waals surface area (Å²) < 4.78 is 5.58. The van der Waals surface area contributed by atoms with Crippen molar-refractivity contribution in [1.82, 2.24) is 9.97 Å². The Morgan fingerprint density at radius 2 is 2.00 bits per heavy atom. The van der Waals surface area contributed by atoms with E-state index in [-0.39, 0.29) is 6.10 Å². The molecule has 0 spiro atoms. The highest BCUT2D eigenvalue weighted by Gasteiger charge is 2.19. The average Bonchev–Trinajstić information content (AvgIpc) is 2.93. The van der Waals surface area contributed by atoms with Crippen molar-refractivity contribution in [1.29, 1.82) is 0 Å². The van der Waals surface area contributed by atoms with Crippen LogP contribution in [0.3, 0.4) is 0 Å². The van der Waals surface area contributed by atoms with Gasteiger partial charge in [0.05, 0.1) is 0 Å². The summed E-state index contributed by atoms with van der Waals surface area (Å²) in [5, 5.41) is 1.41. The number of ether oxygens (including phenoxy) is 1. The van der Waals surface area contributed by atoms with E-state index in [1.165, 1.54) is 4.88 Å². The van der Waals surface area contributed by atoms with Crippen LogP contribution < -0.4 is 0 Å². The molecule has 1 unspecified atom stereocenters. The second-order valence-corrected chi connectivity index (χ2v) is 6.16. The molecule has 0 saturated carbocycles. The first-order chi connectivity index (χ1) is 10.2. The highest BCUT2D eigenvalue weighted by Crippen LogP contribution is 2.32. The Labute approximate surface area is 132 Å². The van der Waals surface area contributed by atoms with E-state index in [9.17, 15) is 0 Å². The number of aryl methyl sites for hydroxylation is 1. The van der Waals surface area contributed by atoms with Gasteiger partial charge in [-0.2, -0.15) is 0 Å². The molecular formula is C16H15ClN2OS. The Hall–Kier alpha value is -1.49. The summed E-state index contributed by atoms with van der Waals surface area (Å²) in [6, 6.07) is 12.0. The number of nitrogens with zero attached hydrogens (tertiary/aromatic N) is 2. The van der Waals surface area contributed by atoms with Gasteiger partial charge in [0.2, 0.25) is 0 Å². The van der Waals surface area contributed by atoms with E-state index in [0.717, 1.165) is 22.2 Å². The molecule has 0 aliphatic carbocycles. The quantitative estimate of drug-likeness (QED) is 0.657. The molecule has 1 aromatic carbocycles. The minimum Gasteiger partial charge on any atom is -0.369 e. The first kappa shape index (κ1) is 14.4. The number of rotatable bonds is 4. The highest BCUT2D eigenvalue weighted by atomic mass is 35.5. The molecule has 21 heavy (non-hydrogen) atoms. The van der Waals surface area contributed by atoms with Gasteiger partial charge in [-0.3, -0.25) is 0 Å². The van der Waals surface area contributed by atoms with Gasteiger partial charge in [0.1, 0.15) is 16.1 Å². The normalized spacial score (nSPS) is 12.7. The van der Waals surface area contributed by atoms with Crippen LogP contribution in [0.25, 0.3) is 10.2 Å². The second-order valence-electron chi connectivity index (χ2n) is 4.68. The summed E-state index contributed by atoms with van der Waals surface area (Å²) in [7, 11) is 1.66. The van der Waals surface area contributed by atoms with Crippen LogP contribution in [0.1, 0.15) is 29.3 Å². The number of fused-ring (bicyclic) bond motifs is 1. The number of hydrogen-bond donors (Lipinski definition) is 0. The summed E-state index contributed by atoms with van der Waals surface area (Å²) >= 11 is 7.98. The number of methoxy groups -OCH3 is 1. The van der Waals surface area contributed by atoms with Gasteiger partial charge in [0.15, 0.2) is 5.82 Å². The lowest BCUT2D eigenvalue weighted by molar-refractivity contribution is 0.129. The lowest BCUT2D eigenvalue weighted by Gasteiger charge is -2.14. The van der Waals surface area contributed by atoms with Crippen molar-refractivity contribution in [2.75, 3.05) is 7.11 Å². The maximum Gasteiger partial charge on any atom is 0.165 e. The van der Waals surface area contributed by atoms with Crippen LogP contribution in [0.15, 0.2) is 36.4 Å². The van der Waals surface area contributed by atoms with Crippen molar-refractivity contribution < 1.29 is 4.74 Å². The zero-order valence-corrected chi connectivity index (χ0v) is 13.4. The van der Waals surface area contributed by atoms with Crippen molar-refractivity contribution in [3.63, 3.8) is 0 Å². The van der Waals surface area contributed by atoms with Gasteiger partial charge in [-0.25, -0.2) is 9.97 Å². The summed E-state index contributed by atoms with van der Waals surface area (Å²) in [4.78, 5) is 11.3. The van der Waals surface area contributed by atoms with E-state index in [2.05, 4.69) is 23.0 Å². The maximum atomic E-state index is 6.32. The minimum absolute atomic E-state index is 0.305. The van der Waals surface area contributed by atoms with Gasteiger partial charge in [0.25, 0.3) is 0 Å². The van der Waals surface area contributed by atoms with Crippen molar-refractivity contribution in [2.24, 2.45) is 0 Å². The molecule has 5 heteroatoms. The highest BCUT2D eigenvalue weighted by molar-refractivity contribution is 7.18. The molecule has 3 rings (SSSR count). The molecule has 0 aliphatic rings. The molecule has 0 N–H and O–H groups in total. The Morgan fingerprint density at radius 1 is 1.24 bits per heavy atom. The monoisotopic (exact) mass is 318 g/mol. The Bertz CT molecular complexity index is 758. The fraction of sp³-hybridized carbons (Fsp3) is 0.250. The standard InChI is InChI=1S/C16H15ClN2OS/c1-3-11-9-12-14(17)18-15(19-16(12)21-11)13(20-2)10-7-5-4-6-8-10/h4-9,13H,3H2,1-2H3. The predicted molar refractivity (Wildman–Crippen MR) is 87.1 cm³/mol. The van der Waals surface area contributed by atoms with Crippen LogP contribution in [-0.2, 0) is 11.2 Å². The maximum absolute atomic E-state index is 6.32. The van der Waals surface area contributed by atoms with Crippen LogP contribution in [0, 0.1) is 0 Å². The summed E-state index contributed by atoms with van der Waals surface area (Å²) in [5.74, 6) is 0.603. The molecule has 3 aromatic rings. The molecule has 0 aliphatic heterocycles. The molecule has 0 fully saturated rings. The molecule has 108 valence electrons. The lowest BCUT2D eigenvalue weighted by Crippen LogP contribution is -2.08. The van der Waals surface area contributed by atoms with Crippen LogP contribution in [0.5, 0.6) is 0 Å². The number of benzene rings is 1. The van der Waals surface area contributed by atoms with Crippen LogP contribution in [0.4, 0.5) is 0 Å². The van der Waals surface area contributed by atoms with Gasteiger partial charge in [-0.1, -0.05) is 48.9 Å². The Balaban J connectivity index is 2.10. The molecule has 2 aromatic heterocycles. The minimum atomic E-state index is -0.305. The summed E-state index contributed by atoms with van der Waals surface area (Å²) in [5.41, 5.74) is 1.02. The summed E-state index contributed by atoms with van der Waals surface area (Å²) in [6.07, 6.45) is 0.666. The third kappa shape index (κ3) is 2.79.